The van der Waals surface area contributed by atoms with E-state index in [4.69, 9.17) is 4.74 Å². The van der Waals surface area contributed by atoms with Crippen LogP contribution in [0, 0.1) is 5.92 Å². The van der Waals surface area contributed by atoms with Crippen LogP contribution in [0.1, 0.15) is 20.3 Å². The summed E-state index contributed by atoms with van der Waals surface area (Å²) in [7, 11) is 2.19. The van der Waals surface area contributed by atoms with Gasteiger partial charge in [-0.3, -0.25) is 0 Å². The summed E-state index contributed by atoms with van der Waals surface area (Å²) in [6.07, 6.45) is 1.58. The van der Waals surface area contributed by atoms with Gasteiger partial charge in [-0.05, 0) is 32.1 Å². The first kappa shape index (κ1) is 11.3. The fourth-order valence-electron chi connectivity index (χ4n) is 1.98. The maximum Gasteiger partial charge on any atom is 0.0702 e. The Morgan fingerprint density at radius 2 is 2.31 bits per heavy atom. The normalized spacial score (nSPS) is 31.2. The fraction of sp³-hybridized carbons (Fsp3) is 1.00. The summed E-state index contributed by atoms with van der Waals surface area (Å²) in [6.45, 7) is 6.46. The lowest BCUT2D eigenvalue weighted by Crippen LogP contribution is -2.39. The Hall–Kier alpha value is 0.270. The highest BCUT2D eigenvalue weighted by Crippen LogP contribution is 2.19. The van der Waals surface area contributed by atoms with Crippen molar-refractivity contribution in [2.45, 2.75) is 32.4 Å². The molecule has 3 heteroatoms. The molecule has 0 radical (unpaired) electrons. The number of hydrogen-bond acceptors (Lipinski definition) is 3. The van der Waals surface area contributed by atoms with E-state index in [2.05, 4.69) is 38.4 Å². The van der Waals surface area contributed by atoms with Crippen LogP contribution >= 0.6 is 12.6 Å². The third-order valence-electron chi connectivity index (χ3n) is 2.81. The number of thiol groups is 1. The first-order chi connectivity index (χ1) is 6.15. The van der Waals surface area contributed by atoms with Crippen LogP contribution in [0.5, 0.6) is 0 Å². The molecule has 0 amide bonds. The summed E-state index contributed by atoms with van der Waals surface area (Å²) in [4.78, 5) is 2.42. The van der Waals surface area contributed by atoms with Crippen molar-refractivity contribution in [1.82, 2.24) is 4.90 Å². The summed E-state index contributed by atoms with van der Waals surface area (Å²) in [5, 5.41) is 0. The van der Waals surface area contributed by atoms with Gasteiger partial charge in [0.05, 0.1) is 6.10 Å². The molecule has 1 aliphatic heterocycles. The zero-order valence-electron chi connectivity index (χ0n) is 8.86. The van der Waals surface area contributed by atoms with Crippen LogP contribution in [0.3, 0.4) is 0 Å². The second-order valence-electron chi connectivity index (χ2n) is 4.16. The largest absolute Gasteiger partial charge is 0.377 e. The van der Waals surface area contributed by atoms with Gasteiger partial charge >= 0.3 is 0 Å². The van der Waals surface area contributed by atoms with Crippen LogP contribution in [-0.4, -0.2) is 43.0 Å². The third kappa shape index (κ3) is 3.15. The van der Waals surface area contributed by atoms with Crippen molar-refractivity contribution in [2.24, 2.45) is 5.92 Å². The topological polar surface area (TPSA) is 12.5 Å². The van der Waals surface area contributed by atoms with Crippen LogP contribution < -0.4 is 0 Å². The van der Waals surface area contributed by atoms with Gasteiger partial charge in [0, 0.05) is 19.2 Å². The van der Waals surface area contributed by atoms with E-state index in [9.17, 15) is 0 Å². The second-order valence-corrected chi connectivity index (χ2v) is 4.52. The minimum absolute atomic E-state index is 0.400. The molecule has 2 nitrogen and oxygen atoms in total. The Morgan fingerprint density at radius 3 is 2.77 bits per heavy atom. The summed E-state index contributed by atoms with van der Waals surface area (Å²) >= 11 is 4.30. The Morgan fingerprint density at radius 1 is 1.62 bits per heavy atom. The highest BCUT2D eigenvalue weighted by atomic mass is 32.1. The van der Waals surface area contributed by atoms with Crippen molar-refractivity contribution in [3.63, 3.8) is 0 Å². The van der Waals surface area contributed by atoms with Crippen molar-refractivity contribution in [3.8, 4) is 0 Å². The molecule has 0 bridgehead atoms. The molecular formula is C10H21NOS. The highest BCUT2D eigenvalue weighted by Gasteiger charge is 2.27. The molecule has 1 fully saturated rings. The van der Waals surface area contributed by atoms with Crippen molar-refractivity contribution >= 4 is 12.6 Å². The third-order valence-corrected chi connectivity index (χ3v) is 3.44. The Kier molecular flexibility index (Phi) is 4.56. The maximum atomic E-state index is 5.54. The SMILES string of the molecule is CC(CS)CN(C)C1CCOC1C. The summed E-state index contributed by atoms with van der Waals surface area (Å²) < 4.78 is 5.54. The first-order valence-corrected chi connectivity index (χ1v) is 5.71. The maximum absolute atomic E-state index is 5.54. The van der Waals surface area contributed by atoms with Crippen LogP contribution in [0.25, 0.3) is 0 Å². The van der Waals surface area contributed by atoms with E-state index in [1.165, 1.54) is 6.42 Å². The Bertz CT molecular complexity index is 154. The summed E-state index contributed by atoms with van der Waals surface area (Å²) in [6, 6.07) is 0.613. The molecular weight excluding hydrogens is 182 g/mol. The summed E-state index contributed by atoms with van der Waals surface area (Å²) in [5.41, 5.74) is 0. The molecule has 0 aromatic heterocycles. The summed E-state index contributed by atoms with van der Waals surface area (Å²) in [5.74, 6) is 1.63. The van der Waals surface area contributed by atoms with Crippen molar-refractivity contribution in [1.29, 1.82) is 0 Å². The van der Waals surface area contributed by atoms with Crippen molar-refractivity contribution in [3.05, 3.63) is 0 Å². The quantitative estimate of drug-likeness (QED) is 0.698. The van der Waals surface area contributed by atoms with Crippen molar-refractivity contribution in [2.75, 3.05) is 26.0 Å². The fourth-order valence-corrected chi connectivity index (χ4v) is 2.10. The Labute approximate surface area is 87.0 Å². The van der Waals surface area contributed by atoms with Gasteiger partial charge in [0.25, 0.3) is 0 Å². The van der Waals surface area contributed by atoms with Gasteiger partial charge in [0.1, 0.15) is 0 Å². The van der Waals surface area contributed by atoms with Gasteiger partial charge in [0.15, 0.2) is 0 Å². The lowest BCUT2D eigenvalue weighted by molar-refractivity contribution is 0.0802. The van der Waals surface area contributed by atoms with Crippen LogP contribution in [-0.2, 0) is 4.74 Å². The van der Waals surface area contributed by atoms with Gasteiger partial charge < -0.3 is 9.64 Å². The van der Waals surface area contributed by atoms with Gasteiger partial charge in [-0.2, -0.15) is 12.6 Å². The van der Waals surface area contributed by atoms with E-state index in [-0.39, 0.29) is 0 Å². The van der Waals surface area contributed by atoms with Gasteiger partial charge in [-0.25, -0.2) is 0 Å². The molecule has 0 aromatic carbocycles. The van der Waals surface area contributed by atoms with Gasteiger partial charge in [-0.15, -0.1) is 0 Å². The van der Waals surface area contributed by atoms with Crippen LogP contribution in [0.2, 0.25) is 0 Å². The lowest BCUT2D eigenvalue weighted by Gasteiger charge is -2.28. The predicted molar refractivity (Wildman–Crippen MR) is 59.5 cm³/mol. The first-order valence-electron chi connectivity index (χ1n) is 5.08. The molecule has 1 rings (SSSR count). The molecule has 3 atom stereocenters. The van der Waals surface area contributed by atoms with E-state index in [1.807, 2.05) is 0 Å². The smallest absolute Gasteiger partial charge is 0.0702 e. The van der Waals surface area contributed by atoms with E-state index >= 15 is 0 Å². The highest BCUT2D eigenvalue weighted by molar-refractivity contribution is 7.80. The molecule has 0 aliphatic carbocycles. The minimum Gasteiger partial charge on any atom is -0.377 e. The number of hydrogen-bond donors (Lipinski definition) is 1. The predicted octanol–water partition coefficient (Wildman–Crippen LogP) is 1.66. The van der Waals surface area contributed by atoms with E-state index in [1.54, 1.807) is 0 Å². The molecule has 1 aliphatic rings. The van der Waals surface area contributed by atoms with Gasteiger partial charge in [-0.1, -0.05) is 6.92 Å². The molecule has 1 heterocycles. The monoisotopic (exact) mass is 203 g/mol. The number of nitrogens with zero attached hydrogens (tertiary/aromatic N) is 1. The minimum atomic E-state index is 0.400. The molecule has 3 unspecified atom stereocenters. The number of ether oxygens (including phenoxy) is 1. The van der Waals surface area contributed by atoms with E-state index < -0.39 is 0 Å². The number of rotatable bonds is 4. The molecule has 1 saturated heterocycles. The standard InChI is InChI=1S/C10H21NOS/c1-8(7-13)6-11(3)10-4-5-12-9(10)2/h8-10,13H,4-7H2,1-3H3. The average molecular weight is 203 g/mol. The zero-order valence-corrected chi connectivity index (χ0v) is 9.76. The van der Waals surface area contributed by atoms with Crippen LogP contribution in [0.15, 0.2) is 0 Å². The van der Waals surface area contributed by atoms with Crippen molar-refractivity contribution < 1.29 is 4.74 Å². The molecule has 0 N–H and O–H groups in total. The lowest BCUT2D eigenvalue weighted by atomic mass is 10.1. The second kappa shape index (κ2) is 5.23. The number of likely N-dealkylation sites (N-methyl/N-ethyl adjacent to an activating group) is 1. The molecule has 13 heavy (non-hydrogen) atoms. The van der Waals surface area contributed by atoms with Gasteiger partial charge in [0.2, 0.25) is 0 Å². The average Bonchev–Trinajstić information content (AvgIpc) is 2.51. The molecule has 0 saturated carbocycles. The Balaban J connectivity index is 2.33. The van der Waals surface area contributed by atoms with E-state index in [0.717, 1.165) is 18.9 Å². The van der Waals surface area contributed by atoms with E-state index in [0.29, 0.717) is 18.1 Å². The molecule has 0 aromatic rings. The molecule has 0 spiro atoms. The molecule has 78 valence electrons. The zero-order chi connectivity index (χ0) is 9.84. The van der Waals surface area contributed by atoms with Crippen LogP contribution in [0.4, 0.5) is 0 Å².